The molecule has 0 amide bonds. The number of pyridine rings is 1. The van der Waals surface area contributed by atoms with Crippen molar-refractivity contribution in [2.24, 2.45) is 4.99 Å². The van der Waals surface area contributed by atoms with E-state index in [2.05, 4.69) is 4.99 Å². The third kappa shape index (κ3) is 3.89. The van der Waals surface area contributed by atoms with Crippen molar-refractivity contribution in [3.05, 3.63) is 51.3 Å². The van der Waals surface area contributed by atoms with Crippen molar-refractivity contribution in [3.8, 4) is 17.7 Å². The van der Waals surface area contributed by atoms with Gasteiger partial charge in [0.15, 0.2) is 0 Å². The first-order valence-corrected chi connectivity index (χ1v) is 8.16. The SMILES string of the molecule is CCCn1c(O)c(C=Nc2ccc(OCC)cc2)c(C)c(C#N)c1=O. The van der Waals surface area contributed by atoms with Gasteiger partial charge in [-0.25, -0.2) is 0 Å². The van der Waals surface area contributed by atoms with Crippen LogP contribution < -0.4 is 10.3 Å². The van der Waals surface area contributed by atoms with Gasteiger partial charge in [0.25, 0.3) is 5.56 Å². The predicted molar refractivity (Wildman–Crippen MR) is 97.0 cm³/mol. The van der Waals surface area contributed by atoms with Gasteiger partial charge in [0.1, 0.15) is 17.4 Å². The third-order valence-corrected chi connectivity index (χ3v) is 3.78. The molecule has 2 aromatic rings. The number of nitrogens with zero attached hydrogens (tertiary/aromatic N) is 3. The Bertz CT molecular complexity index is 875. The second-order valence-corrected chi connectivity index (χ2v) is 5.49. The Balaban J connectivity index is 2.46. The average Bonchev–Trinajstić information content (AvgIpc) is 2.60. The average molecular weight is 339 g/mol. The van der Waals surface area contributed by atoms with Crippen molar-refractivity contribution in [2.45, 2.75) is 33.7 Å². The van der Waals surface area contributed by atoms with Crippen LogP contribution in [0.3, 0.4) is 0 Å². The van der Waals surface area contributed by atoms with E-state index in [1.54, 1.807) is 19.1 Å². The molecule has 1 N–H and O–H groups in total. The van der Waals surface area contributed by atoms with Crippen molar-refractivity contribution >= 4 is 11.9 Å². The molecule has 0 saturated carbocycles. The van der Waals surface area contributed by atoms with E-state index in [0.717, 1.165) is 5.75 Å². The van der Waals surface area contributed by atoms with E-state index in [-0.39, 0.29) is 11.4 Å². The summed E-state index contributed by atoms with van der Waals surface area (Å²) in [5.41, 5.74) is 1.02. The number of hydrogen-bond donors (Lipinski definition) is 1. The predicted octanol–water partition coefficient (Wildman–Crippen LogP) is 3.29. The molecular formula is C19H21N3O3. The van der Waals surface area contributed by atoms with Crippen LogP contribution in [0, 0.1) is 18.3 Å². The smallest absolute Gasteiger partial charge is 0.271 e. The third-order valence-electron chi connectivity index (χ3n) is 3.78. The fourth-order valence-electron chi connectivity index (χ4n) is 2.49. The maximum absolute atomic E-state index is 12.3. The molecule has 25 heavy (non-hydrogen) atoms. The highest BCUT2D eigenvalue weighted by molar-refractivity contribution is 5.87. The van der Waals surface area contributed by atoms with Crippen LogP contribution in [0.2, 0.25) is 0 Å². The molecule has 0 aliphatic carbocycles. The molecule has 0 fully saturated rings. The summed E-state index contributed by atoms with van der Waals surface area (Å²) in [5, 5.41) is 19.7. The van der Waals surface area contributed by atoms with Gasteiger partial charge in [0, 0.05) is 12.8 Å². The van der Waals surface area contributed by atoms with Gasteiger partial charge in [0.05, 0.1) is 17.9 Å². The van der Waals surface area contributed by atoms with Crippen molar-refractivity contribution in [3.63, 3.8) is 0 Å². The normalized spacial score (nSPS) is 10.8. The fourth-order valence-corrected chi connectivity index (χ4v) is 2.49. The molecule has 0 aliphatic heterocycles. The Hall–Kier alpha value is -3.07. The molecule has 0 saturated heterocycles. The Morgan fingerprint density at radius 2 is 2.00 bits per heavy atom. The summed E-state index contributed by atoms with van der Waals surface area (Å²) in [6.07, 6.45) is 2.14. The zero-order chi connectivity index (χ0) is 18.4. The number of aromatic nitrogens is 1. The monoisotopic (exact) mass is 339 g/mol. The van der Waals surface area contributed by atoms with Crippen LogP contribution in [0.1, 0.15) is 37.0 Å². The lowest BCUT2D eigenvalue weighted by molar-refractivity contribution is 0.340. The molecule has 0 spiro atoms. The Labute approximate surface area is 146 Å². The molecule has 1 heterocycles. The van der Waals surface area contributed by atoms with E-state index in [1.807, 2.05) is 32.0 Å². The summed E-state index contributed by atoms with van der Waals surface area (Å²) in [4.78, 5) is 16.6. The molecule has 1 aromatic heterocycles. The second-order valence-electron chi connectivity index (χ2n) is 5.49. The van der Waals surface area contributed by atoms with Gasteiger partial charge in [-0.1, -0.05) is 6.92 Å². The van der Waals surface area contributed by atoms with E-state index in [4.69, 9.17) is 4.74 Å². The van der Waals surface area contributed by atoms with E-state index in [9.17, 15) is 15.2 Å². The summed E-state index contributed by atoms with van der Waals surface area (Å²) in [6.45, 7) is 6.37. The van der Waals surface area contributed by atoms with Gasteiger partial charge < -0.3 is 9.84 Å². The van der Waals surface area contributed by atoms with Gasteiger partial charge in [-0.3, -0.25) is 14.4 Å². The molecule has 0 bridgehead atoms. The van der Waals surface area contributed by atoms with Crippen LogP contribution in [0.5, 0.6) is 11.6 Å². The van der Waals surface area contributed by atoms with Gasteiger partial charge in [-0.05, 0) is 50.1 Å². The summed E-state index contributed by atoms with van der Waals surface area (Å²) in [5.74, 6) is 0.585. The molecule has 0 aliphatic rings. The van der Waals surface area contributed by atoms with E-state index < -0.39 is 5.56 Å². The van der Waals surface area contributed by atoms with Gasteiger partial charge in [-0.15, -0.1) is 0 Å². The lowest BCUT2D eigenvalue weighted by Crippen LogP contribution is -2.25. The van der Waals surface area contributed by atoms with Crippen LogP contribution in [0.15, 0.2) is 34.1 Å². The maximum Gasteiger partial charge on any atom is 0.271 e. The fraction of sp³-hybridized carbons (Fsp3) is 0.316. The van der Waals surface area contributed by atoms with E-state index in [1.165, 1.54) is 10.8 Å². The first-order valence-electron chi connectivity index (χ1n) is 8.16. The van der Waals surface area contributed by atoms with Crippen LogP contribution in [-0.4, -0.2) is 22.5 Å². The molecule has 6 heteroatoms. The Morgan fingerprint density at radius 1 is 1.32 bits per heavy atom. The van der Waals surface area contributed by atoms with Crippen molar-refractivity contribution in [1.29, 1.82) is 5.26 Å². The standard InChI is InChI=1S/C19H21N3O3/c1-4-10-22-18(23)16(11-20)13(3)17(19(22)24)12-21-14-6-8-15(9-7-14)25-5-2/h6-9,12,24H,4-5,10H2,1-3H3. The number of aromatic hydroxyl groups is 1. The summed E-state index contributed by atoms with van der Waals surface area (Å²) < 4.78 is 6.60. The molecule has 2 rings (SSSR count). The van der Waals surface area contributed by atoms with Gasteiger partial charge >= 0.3 is 0 Å². The van der Waals surface area contributed by atoms with Crippen molar-refractivity contribution in [1.82, 2.24) is 4.57 Å². The number of nitriles is 1. The van der Waals surface area contributed by atoms with E-state index in [0.29, 0.717) is 36.4 Å². The molecule has 0 radical (unpaired) electrons. The minimum Gasteiger partial charge on any atom is -0.494 e. The molecular weight excluding hydrogens is 318 g/mol. The summed E-state index contributed by atoms with van der Waals surface area (Å²) >= 11 is 0. The first-order chi connectivity index (χ1) is 12.0. The molecule has 6 nitrogen and oxygen atoms in total. The summed E-state index contributed by atoms with van der Waals surface area (Å²) in [6, 6.07) is 9.13. The lowest BCUT2D eigenvalue weighted by Gasteiger charge is -2.13. The Morgan fingerprint density at radius 3 is 2.56 bits per heavy atom. The zero-order valence-electron chi connectivity index (χ0n) is 14.6. The first kappa shape index (κ1) is 18.3. The maximum atomic E-state index is 12.3. The second kappa shape index (κ2) is 8.15. The zero-order valence-corrected chi connectivity index (χ0v) is 14.6. The van der Waals surface area contributed by atoms with Crippen molar-refractivity contribution in [2.75, 3.05) is 6.61 Å². The van der Waals surface area contributed by atoms with E-state index >= 15 is 0 Å². The quantitative estimate of drug-likeness (QED) is 0.818. The lowest BCUT2D eigenvalue weighted by atomic mass is 10.1. The van der Waals surface area contributed by atoms with Crippen LogP contribution >= 0.6 is 0 Å². The largest absolute Gasteiger partial charge is 0.494 e. The van der Waals surface area contributed by atoms with Crippen molar-refractivity contribution < 1.29 is 9.84 Å². The highest BCUT2D eigenvalue weighted by Crippen LogP contribution is 2.22. The number of ether oxygens (including phenoxy) is 1. The molecule has 130 valence electrons. The number of aliphatic imine (C=N–C) groups is 1. The minimum atomic E-state index is -0.474. The molecule has 1 aromatic carbocycles. The number of rotatable bonds is 6. The van der Waals surface area contributed by atoms with Gasteiger partial charge in [0.2, 0.25) is 5.88 Å². The van der Waals surface area contributed by atoms with Gasteiger partial charge in [-0.2, -0.15) is 5.26 Å². The minimum absolute atomic E-state index is 0.0272. The molecule has 0 unspecified atom stereocenters. The highest BCUT2D eigenvalue weighted by atomic mass is 16.5. The molecule has 0 atom stereocenters. The van der Waals surface area contributed by atoms with Crippen LogP contribution in [0.4, 0.5) is 5.69 Å². The van der Waals surface area contributed by atoms with Crippen LogP contribution in [-0.2, 0) is 6.54 Å². The number of hydrogen-bond acceptors (Lipinski definition) is 5. The topological polar surface area (TPSA) is 87.6 Å². The highest BCUT2D eigenvalue weighted by Gasteiger charge is 2.17. The number of benzene rings is 1. The Kier molecular flexibility index (Phi) is 5.96. The van der Waals surface area contributed by atoms with Crippen LogP contribution in [0.25, 0.3) is 0 Å². The summed E-state index contributed by atoms with van der Waals surface area (Å²) in [7, 11) is 0.